The highest BCUT2D eigenvalue weighted by molar-refractivity contribution is 5.76. The summed E-state index contributed by atoms with van der Waals surface area (Å²) in [5.41, 5.74) is 0. The third-order valence-electron chi connectivity index (χ3n) is 10.7. The highest BCUT2D eigenvalue weighted by atomic mass is 16.6. The number of likely N-dealkylation sites (tertiary alicyclic amines) is 1. The number of rotatable bonds is 37. The zero-order valence-corrected chi connectivity index (χ0v) is 35.6. The number of hydrogen-bond donors (Lipinski definition) is 2. The second-order valence-electron chi connectivity index (χ2n) is 16.7. The van der Waals surface area contributed by atoms with Gasteiger partial charge in [-0.3, -0.25) is 14.5 Å². The number of hydrogen-bond acceptors (Lipinski definition) is 6. The van der Waals surface area contributed by atoms with E-state index in [1.807, 2.05) is 0 Å². The molecule has 0 aromatic heterocycles. The highest BCUT2D eigenvalue weighted by Crippen LogP contribution is 2.20. The lowest BCUT2D eigenvalue weighted by Gasteiger charge is -2.33. The van der Waals surface area contributed by atoms with Crippen molar-refractivity contribution < 1.29 is 24.2 Å². The van der Waals surface area contributed by atoms with Crippen LogP contribution in [0.4, 0.5) is 0 Å². The summed E-state index contributed by atoms with van der Waals surface area (Å²) in [7, 11) is 0. The SMILES string of the molecule is CCCCCCCC/C=C\CCCCCCCC(=O)N[C@@H](COC(=O)CN1CCCCC1)[C@@H](CCCCCCCCCCCCCCC)OC(C)(C)O. The van der Waals surface area contributed by atoms with Crippen molar-refractivity contribution in [2.24, 2.45) is 0 Å². The van der Waals surface area contributed by atoms with Crippen LogP contribution in [0.1, 0.15) is 227 Å². The first-order valence-electron chi connectivity index (χ1n) is 23.0. The number of carbonyl (C=O) groups excluding carboxylic acids is 2. The Balaban J connectivity index is 2.49. The fraction of sp³-hybridized carbons (Fsp3) is 0.913. The number of piperidine rings is 1. The monoisotopic (exact) mass is 749 g/mol. The van der Waals surface area contributed by atoms with Crippen LogP contribution in [0.25, 0.3) is 0 Å². The van der Waals surface area contributed by atoms with Gasteiger partial charge in [0.05, 0.1) is 18.7 Å². The molecule has 0 aromatic rings. The molecule has 0 radical (unpaired) electrons. The van der Waals surface area contributed by atoms with Crippen LogP contribution in [-0.2, 0) is 19.1 Å². The molecule has 0 bridgehead atoms. The van der Waals surface area contributed by atoms with Crippen molar-refractivity contribution >= 4 is 11.9 Å². The number of nitrogens with zero attached hydrogens (tertiary/aromatic N) is 1. The van der Waals surface area contributed by atoms with Crippen molar-refractivity contribution in [1.29, 1.82) is 0 Å². The molecular formula is C46H88N2O5. The van der Waals surface area contributed by atoms with Crippen LogP contribution in [0.5, 0.6) is 0 Å². The maximum Gasteiger partial charge on any atom is 0.320 e. The lowest BCUT2D eigenvalue weighted by Crippen LogP contribution is -2.50. The molecule has 1 rings (SSSR count). The Hall–Kier alpha value is -1.44. The van der Waals surface area contributed by atoms with Gasteiger partial charge in [0.25, 0.3) is 0 Å². The molecule has 0 spiro atoms. The van der Waals surface area contributed by atoms with E-state index in [0.717, 1.165) is 64.5 Å². The van der Waals surface area contributed by atoms with E-state index in [-0.39, 0.29) is 25.0 Å². The van der Waals surface area contributed by atoms with Crippen LogP contribution in [0.15, 0.2) is 12.2 Å². The number of allylic oxidation sites excluding steroid dienone is 2. The lowest BCUT2D eigenvalue weighted by molar-refractivity contribution is -0.216. The predicted molar refractivity (Wildman–Crippen MR) is 224 cm³/mol. The maximum atomic E-state index is 13.2. The van der Waals surface area contributed by atoms with Crippen LogP contribution in [0, 0.1) is 0 Å². The van der Waals surface area contributed by atoms with Crippen LogP contribution in [-0.4, -0.2) is 66.1 Å². The Morgan fingerprint density at radius 3 is 1.60 bits per heavy atom. The minimum atomic E-state index is -1.36. The minimum Gasteiger partial charge on any atom is -0.462 e. The van der Waals surface area contributed by atoms with Gasteiger partial charge in [0.2, 0.25) is 5.91 Å². The van der Waals surface area contributed by atoms with Crippen molar-refractivity contribution in [3.63, 3.8) is 0 Å². The summed E-state index contributed by atoms with van der Waals surface area (Å²) >= 11 is 0. The van der Waals surface area contributed by atoms with Crippen molar-refractivity contribution in [3.05, 3.63) is 12.2 Å². The summed E-state index contributed by atoms with van der Waals surface area (Å²) in [5.74, 6) is -1.65. The zero-order valence-electron chi connectivity index (χ0n) is 35.6. The van der Waals surface area contributed by atoms with E-state index >= 15 is 0 Å². The fourth-order valence-corrected chi connectivity index (χ4v) is 7.48. The summed E-state index contributed by atoms with van der Waals surface area (Å²) in [4.78, 5) is 28.2. The Kier molecular flexibility index (Phi) is 32.7. The summed E-state index contributed by atoms with van der Waals surface area (Å²) in [5, 5.41) is 13.8. The first kappa shape index (κ1) is 49.6. The van der Waals surface area contributed by atoms with Gasteiger partial charge in [-0.15, -0.1) is 0 Å². The molecule has 53 heavy (non-hydrogen) atoms. The van der Waals surface area contributed by atoms with E-state index in [4.69, 9.17) is 9.47 Å². The molecule has 0 aliphatic carbocycles. The number of ether oxygens (including phenoxy) is 2. The maximum absolute atomic E-state index is 13.2. The smallest absolute Gasteiger partial charge is 0.320 e. The minimum absolute atomic E-state index is 0.0329. The highest BCUT2D eigenvalue weighted by Gasteiger charge is 2.30. The molecular weight excluding hydrogens is 661 g/mol. The molecule has 2 N–H and O–H groups in total. The second kappa shape index (κ2) is 35.0. The van der Waals surface area contributed by atoms with Gasteiger partial charge in [-0.1, -0.05) is 167 Å². The Labute approximate surface area is 328 Å². The molecule has 0 saturated carbocycles. The molecule has 1 amide bonds. The van der Waals surface area contributed by atoms with Crippen LogP contribution in [0.2, 0.25) is 0 Å². The molecule has 312 valence electrons. The number of amides is 1. The van der Waals surface area contributed by atoms with E-state index in [2.05, 4.69) is 36.2 Å². The Bertz CT molecular complexity index is 866. The van der Waals surface area contributed by atoms with Crippen LogP contribution >= 0.6 is 0 Å². The van der Waals surface area contributed by atoms with Crippen molar-refractivity contribution in [1.82, 2.24) is 10.2 Å². The third-order valence-corrected chi connectivity index (χ3v) is 10.7. The summed E-state index contributed by atoms with van der Waals surface area (Å²) in [6.07, 6.45) is 41.4. The number of unbranched alkanes of at least 4 members (excludes halogenated alkanes) is 23. The molecule has 2 atom stereocenters. The fourth-order valence-electron chi connectivity index (χ4n) is 7.48. The van der Waals surface area contributed by atoms with Gasteiger partial charge >= 0.3 is 5.97 Å². The van der Waals surface area contributed by atoms with E-state index in [1.54, 1.807) is 13.8 Å². The first-order valence-corrected chi connectivity index (χ1v) is 23.0. The lowest BCUT2D eigenvalue weighted by atomic mass is 10.0. The molecule has 7 nitrogen and oxygen atoms in total. The molecule has 1 saturated heterocycles. The van der Waals surface area contributed by atoms with Crippen LogP contribution < -0.4 is 5.32 Å². The average Bonchev–Trinajstić information content (AvgIpc) is 3.13. The molecule has 1 fully saturated rings. The molecule has 1 aliphatic rings. The summed E-state index contributed by atoms with van der Waals surface area (Å²) in [6, 6.07) is -0.500. The van der Waals surface area contributed by atoms with E-state index in [0.29, 0.717) is 12.8 Å². The van der Waals surface area contributed by atoms with Gasteiger partial charge in [-0.2, -0.15) is 0 Å². The predicted octanol–water partition coefficient (Wildman–Crippen LogP) is 12.1. The first-order chi connectivity index (χ1) is 25.7. The van der Waals surface area contributed by atoms with Gasteiger partial charge < -0.3 is 19.9 Å². The van der Waals surface area contributed by atoms with E-state index in [9.17, 15) is 14.7 Å². The summed E-state index contributed by atoms with van der Waals surface area (Å²) in [6.45, 7) is 10.0. The Morgan fingerprint density at radius 2 is 1.11 bits per heavy atom. The van der Waals surface area contributed by atoms with Gasteiger partial charge in [-0.05, 0) is 78.3 Å². The van der Waals surface area contributed by atoms with Crippen molar-refractivity contribution in [2.45, 2.75) is 245 Å². The number of nitrogens with one attached hydrogen (secondary N) is 1. The van der Waals surface area contributed by atoms with Crippen molar-refractivity contribution in [3.8, 4) is 0 Å². The van der Waals surface area contributed by atoms with Crippen LogP contribution in [0.3, 0.4) is 0 Å². The van der Waals surface area contributed by atoms with E-state index < -0.39 is 17.9 Å². The molecule has 7 heteroatoms. The van der Waals surface area contributed by atoms with E-state index in [1.165, 1.54) is 135 Å². The summed E-state index contributed by atoms with van der Waals surface area (Å²) < 4.78 is 11.9. The van der Waals surface area contributed by atoms with Gasteiger partial charge in [0.15, 0.2) is 5.79 Å². The van der Waals surface area contributed by atoms with Gasteiger partial charge in [-0.25, -0.2) is 0 Å². The van der Waals surface area contributed by atoms with Gasteiger partial charge in [0, 0.05) is 6.42 Å². The Morgan fingerprint density at radius 1 is 0.660 bits per heavy atom. The molecule has 1 heterocycles. The van der Waals surface area contributed by atoms with Crippen molar-refractivity contribution in [2.75, 3.05) is 26.2 Å². The molecule has 0 aromatic carbocycles. The largest absolute Gasteiger partial charge is 0.462 e. The normalized spacial score (nSPS) is 15.2. The zero-order chi connectivity index (χ0) is 38.7. The molecule has 0 unspecified atom stereocenters. The standard InChI is InChI=1S/C46H88N2O5/c1-5-7-9-11-13-15-17-19-20-22-24-26-28-30-33-37-44(49)47-42(41-52-45(50)40-48-38-34-31-35-39-48)43(53-46(3,4)51)36-32-29-27-25-23-21-18-16-14-12-10-8-6-2/h19-20,42-43,51H,5-18,21-41H2,1-4H3,(H,47,49)/b20-19-/t42-,43+/m0/s1. The quantitative estimate of drug-likeness (QED) is 0.0285. The van der Waals surface area contributed by atoms with Gasteiger partial charge in [0.1, 0.15) is 6.61 Å². The third kappa shape index (κ3) is 32.5. The number of esters is 1. The number of carbonyl (C=O) groups is 2. The second-order valence-corrected chi connectivity index (χ2v) is 16.7. The number of aliphatic hydroxyl groups is 1. The molecule has 1 aliphatic heterocycles. The average molecular weight is 749 g/mol. The topological polar surface area (TPSA) is 88.1 Å².